The number of hydrogen-bond donors (Lipinski definition) is 2. The molecule has 0 spiro atoms. The molecule has 5 aromatic rings. The molecular weight excluding hydrogens is 632 g/mol. The first-order valence-electron chi connectivity index (χ1n) is 16.0. The van der Waals surface area contributed by atoms with Gasteiger partial charge in [-0.15, -0.1) is 11.3 Å². The number of allylic oxidation sites excluding steroid dienone is 1. The Morgan fingerprint density at radius 1 is 1.02 bits per heavy atom. The van der Waals surface area contributed by atoms with Crippen LogP contribution in [0.4, 0.5) is 5.69 Å². The lowest BCUT2D eigenvalue weighted by Gasteiger charge is -2.36. The third kappa shape index (κ3) is 7.67. The second-order valence-electron chi connectivity index (χ2n) is 11.4. The first-order valence-corrected chi connectivity index (χ1v) is 16.8. The topological polar surface area (TPSA) is 129 Å². The van der Waals surface area contributed by atoms with Crippen molar-refractivity contribution in [2.24, 2.45) is 5.92 Å². The summed E-state index contributed by atoms with van der Waals surface area (Å²) >= 11 is 1.62. The minimum atomic E-state index is -0.823. The SMILES string of the molecule is CCO[C@H]1OC(C(=O)Nc2ccc(-c3nc4ccc(C)cc4s3)cc2)=C[C@@H](c2coc3ccccc3c2=O)[C@@H]1CCOCCOCCO. The molecule has 3 aromatic carbocycles. The first-order chi connectivity index (χ1) is 23.4. The summed E-state index contributed by atoms with van der Waals surface area (Å²) in [5, 5.41) is 13.2. The van der Waals surface area contributed by atoms with E-state index in [1.807, 2.05) is 49.4 Å². The van der Waals surface area contributed by atoms with Gasteiger partial charge in [-0.3, -0.25) is 9.59 Å². The molecule has 10 nitrogen and oxygen atoms in total. The van der Waals surface area contributed by atoms with E-state index in [0.29, 0.717) is 55.1 Å². The number of aromatic nitrogens is 1. The first kappa shape index (κ1) is 33.5. The summed E-state index contributed by atoms with van der Waals surface area (Å²) in [5.74, 6) is -1.34. The standard InChI is InChI=1S/C37H38N2O8S/c1-3-45-37-26(14-16-43-18-19-44-17-15-40)28(29-22-46-31-7-5-4-6-27(31)34(29)41)21-32(47-37)35(42)38-25-11-9-24(10-12-25)36-39-30-13-8-23(2)20-33(30)48-36/h4-13,20-22,26,28,37,40H,3,14-19H2,1-2H3,(H,38,42)/t26-,28+,37-/m0/s1. The van der Waals surface area contributed by atoms with Gasteiger partial charge in [-0.05, 0) is 80.4 Å². The monoisotopic (exact) mass is 670 g/mol. The summed E-state index contributed by atoms with van der Waals surface area (Å²) in [4.78, 5) is 32.2. The lowest BCUT2D eigenvalue weighted by molar-refractivity contribution is -0.166. The predicted molar refractivity (Wildman–Crippen MR) is 185 cm³/mol. The number of thiazole rings is 1. The summed E-state index contributed by atoms with van der Waals surface area (Å²) in [6, 6.07) is 20.8. The van der Waals surface area contributed by atoms with Gasteiger partial charge in [-0.25, -0.2) is 4.98 Å². The highest BCUT2D eigenvalue weighted by molar-refractivity contribution is 7.21. The number of nitrogens with one attached hydrogen (secondary N) is 1. The van der Waals surface area contributed by atoms with Gasteiger partial charge in [0.1, 0.15) is 10.6 Å². The number of benzene rings is 3. The van der Waals surface area contributed by atoms with Crippen LogP contribution in [0.15, 0.2) is 94.0 Å². The molecule has 250 valence electrons. The highest BCUT2D eigenvalue weighted by atomic mass is 32.1. The highest BCUT2D eigenvalue weighted by Gasteiger charge is 2.39. The molecule has 0 bridgehead atoms. The molecule has 0 radical (unpaired) electrons. The molecule has 2 N–H and O–H groups in total. The van der Waals surface area contributed by atoms with E-state index in [2.05, 4.69) is 18.3 Å². The van der Waals surface area contributed by atoms with Gasteiger partial charge < -0.3 is 33.8 Å². The zero-order valence-corrected chi connectivity index (χ0v) is 27.7. The van der Waals surface area contributed by atoms with Crippen LogP contribution in [0.5, 0.6) is 0 Å². The molecule has 0 fully saturated rings. The number of fused-ring (bicyclic) bond motifs is 2. The number of rotatable bonds is 14. The van der Waals surface area contributed by atoms with Gasteiger partial charge in [0, 0.05) is 41.9 Å². The van der Waals surface area contributed by atoms with Crippen LogP contribution in [0, 0.1) is 12.8 Å². The lowest BCUT2D eigenvalue weighted by Crippen LogP contribution is -2.39. The van der Waals surface area contributed by atoms with Crippen LogP contribution in [-0.2, 0) is 23.7 Å². The number of hydrogen-bond acceptors (Lipinski definition) is 10. The smallest absolute Gasteiger partial charge is 0.290 e. The average Bonchev–Trinajstić information content (AvgIpc) is 3.52. The van der Waals surface area contributed by atoms with Crippen LogP contribution in [0.2, 0.25) is 0 Å². The van der Waals surface area contributed by atoms with Gasteiger partial charge in [-0.1, -0.05) is 18.2 Å². The van der Waals surface area contributed by atoms with Gasteiger partial charge in [0.15, 0.2) is 11.2 Å². The van der Waals surface area contributed by atoms with E-state index < -0.39 is 18.1 Å². The average molecular weight is 671 g/mol. The van der Waals surface area contributed by atoms with Crippen molar-refractivity contribution in [2.75, 3.05) is 45.0 Å². The summed E-state index contributed by atoms with van der Waals surface area (Å²) in [5.41, 5.74) is 4.37. The van der Waals surface area contributed by atoms with E-state index in [1.165, 1.54) is 11.8 Å². The summed E-state index contributed by atoms with van der Waals surface area (Å²) in [7, 11) is 0. The zero-order chi connectivity index (χ0) is 33.5. The van der Waals surface area contributed by atoms with Crippen LogP contribution < -0.4 is 10.7 Å². The van der Waals surface area contributed by atoms with Crippen molar-refractivity contribution in [3.63, 3.8) is 0 Å². The molecule has 0 aliphatic carbocycles. The fraction of sp³-hybridized carbons (Fsp3) is 0.324. The Hall–Kier alpha value is -4.39. The number of aryl methyl sites for hydroxylation is 1. The maximum atomic E-state index is 13.8. The Bertz CT molecular complexity index is 1950. The van der Waals surface area contributed by atoms with Crippen molar-refractivity contribution >= 4 is 44.1 Å². The quantitative estimate of drug-likeness (QED) is 0.129. The van der Waals surface area contributed by atoms with E-state index in [4.69, 9.17) is 33.5 Å². The molecule has 1 amide bonds. The number of aliphatic hydroxyl groups excluding tert-OH is 1. The Kier molecular flexibility index (Phi) is 10.9. The van der Waals surface area contributed by atoms with Gasteiger partial charge in [0.25, 0.3) is 5.91 Å². The van der Waals surface area contributed by atoms with Crippen molar-refractivity contribution in [3.8, 4) is 10.6 Å². The fourth-order valence-electron chi connectivity index (χ4n) is 5.77. The minimum absolute atomic E-state index is 0.0474. The van der Waals surface area contributed by atoms with E-state index >= 15 is 0 Å². The molecule has 3 heterocycles. The van der Waals surface area contributed by atoms with Crippen LogP contribution in [0.3, 0.4) is 0 Å². The van der Waals surface area contributed by atoms with E-state index in [-0.39, 0.29) is 30.3 Å². The number of para-hydroxylation sites is 1. The van der Waals surface area contributed by atoms with Crippen molar-refractivity contribution < 1.29 is 33.3 Å². The highest BCUT2D eigenvalue weighted by Crippen LogP contribution is 2.39. The molecule has 6 rings (SSSR count). The molecule has 1 aliphatic heterocycles. The molecule has 0 saturated carbocycles. The Morgan fingerprint density at radius 3 is 2.60 bits per heavy atom. The second kappa shape index (κ2) is 15.7. The molecule has 1 aliphatic rings. The third-order valence-electron chi connectivity index (χ3n) is 8.14. The van der Waals surface area contributed by atoms with E-state index in [1.54, 1.807) is 35.6 Å². The van der Waals surface area contributed by atoms with Crippen molar-refractivity contribution in [1.29, 1.82) is 0 Å². The third-order valence-corrected chi connectivity index (χ3v) is 9.21. The largest absolute Gasteiger partial charge is 0.464 e. The number of carbonyl (C=O) groups is 1. The number of nitrogens with zero attached hydrogens (tertiary/aromatic N) is 1. The van der Waals surface area contributed by atoms with E-state index in [0.717, 1.165) is 20.8 Å². The molecule has 2 aromatic heterocycles. The number of anilines is 1. The van der Waals surface area contributed by atoms with Crippen LogP contribution in [-0.4, -0.2) is 61.9 Å². The Balaban J connectivity index is 1.24. The molecular formula is C37H38N2O8S. The van der Waals surface area contributed by atoms with Gasteiger partial charge in [0.2, 0.25) is 6.29 Å². The van der Waals surface area contributed by atoms with Crippen LogP contribution >= 0.6 is 11.3 Å². The van der Waals surface area contributed by atoms with Crippen molar-refractivity contribution in [3.05, 3.63) is 106 Å². The molecule has 3 atom stereocenters. The van der Waals surface area contributed by atoms with Gasteiger partial charge >= 0.3 is 0 Å². The maximum absolute atomic E-state index is 13.8. The second-order valence-corrected chi connectivity index (χ2v) is 12.5. The number of carbonyl (C=O) groups excluding carboxylic acids is 1. The Labute approximate surface area is 281 Å². The van der Waals surface area contributed by atoms with Crippen molar-refractivity contribution in [2.45, 2.75) is 32.5 Å². The maximum Gasteiger partial charge on any atom is 0.290 e. The number of aliphatic hydroxyl groups is 1. The van der Waals surface area contributed by atoms with Crippen molar-refractivity contribution in [1.82, 2.24) is 4.98 Å². The van der Waals surface area contributed by atoms with Gasteiger partial charge in [-0.2, -0.15) is 0 Å². The molecule has 0 unspecified atom stereocenters. The normalized spacial score (nSPS) is 17.7. The Morgan fingerprint density at radius 2 is 1.81 bits per heavy atom. The molecule has 48 heavy (non-hydrogen) atoms. The lowest BCUT2D eigenvalue weighted by atomic mass is 9.81. The van der Waals surface area contributed by atoms with Gasteiger partial charge in [0.05, 0.1) is 48.3 Å². The fourth-order valence-corrected chi connectivity index (χ4v) is 6.84. The summed E-state index contributed by atoms with van der Waals surface area (Å²) in [6.45, 7) is 5.46. The number of amides is 1. The number of ether oxygens (including phenoxy) is 4. The molecule has 0 saturated heterocycles. The summed E-state index contributed by atoms with van der Waals surface area (Å²) < 4.78 is 30.3. The predicted octanol–water partition coefficient (Wildman–Crippen LogP) is 6.41. The minimum Gasteiger partial charge on any atom is -0.464 e. The zero-order valence-electron chi connectivity index (χ0n) is 26.8. The van der Waals surface area contributed by atoms with Crippen LogP contribution in [0.1, 0.15) is 30.4 Å². The van der Waals surface area contributed by atoms with Crippen LogP contribution in [0.25, 0.3) is 31.8 Å². The van der Waals surface area contributed by atoms with E-state index in [9.17, 15) is 9.59 Å². The molecule has 11 heteroatoms. The summed E-state index contributed by atoms with van der Waals surface area (Å²) in [6.07, 6.45) is 2.79.